The second kappa shape index (κ2) is 12.6. The molecular formula is C36H62O6. The van der Waals surface area contributed by atoms with Crippen molar-refractivity contribution >= 4 is 5.97 Å². The van der Waals surface area contributed by atoms with Crippen LogP contribution >= 0.6 is 0 Å². The van der Waals surface area contributed by atoms with Gasteiger partial charge in [0.25, 0.3) is 0 Å². The third-order valence-corrected chi connectivity index (χ3v) is 11.1. The Kier molecular flexibility index (Phi) is 9.81. The summed E-state index contributed by atoms with van der Waals surface area (Å²) in [6, 6.07) is 0. The van der Waals surface area contributed by atoms with Crippen LogP contribution in [0.1, 0.15) is 164 Å². The third kappa shape index (κ3) is 7.74. The van der Waals surface area contributed by atoms with E-state index < -0.39 is 22.2 Å². The molecule has 0 amide bonds. The van der Waals surface area contributed by atoms with Crippen LogP contribution in [0.5, 0.6) is 0 Å². The van der Waals surface area contributed by atoms with Gasteiger partial charge in [0, 0.05) is 19.3 Å². The van der Waals surface area contributed by atoms with Gasteiger partial charge in [-0.3, -0.25) is 4.79 Å². The van der Waals surface area contributed by atoms with E-state index in [0.717, 1.165) is 77.0 Å². The molecule has 0 aromatic rings. The van der Waals surface area contributed by atoms with Gasteiger partial charge in [-0.25, -0.2) is 0 Å². The summed E-state index contributed by atoms with van der Waals surface area (Å²) in [6.45, 7) is 15.0. The molecule has 6 aliphatic carbocycles. The fourth-order valence-corrected chi connectivity index (χ4v) is 10.1. The number of hydrogen-bond acceptors (Lipinski definition) is 6. The largest absolute Gasteiger partial charge is 0.458 e. The molecule has 5 unspecified atom stereocenters. The zero-order valence-electron chi connectivity index (χ0n) is 28.1. The maximum Gasteiger partial charge on any atom is 0.312 e. The smallest absolute Gasteiger partial charge is 0.312 e. The minimum absolute atomic E-state index is 0.0394. The number of rotatable bonds is 12. The monoisotopic (exact) mass is 590 g/mol. The van der Waals surface area contributed by atoms with Crippen LogP contribution in [0.15, 0.2) is 0 Å². The van der Waals surface area contributed by atoms with Gasteiger partial charge >= 0.3 is 5.97 Å². The highest BCUT2D eigenvalue weighted by molar-refractivity contribution is 5.77. The standard InChI is InChI=1S/C36H62O6/c1-8-33(7,22-32(4,5)6)31(37)42-36-21-28-19-34(24-36,40-26(2)38-29-15-11-9-12-16-29)23-35(20-28,25-36)41-27(3)39-30-17-13-10-14-18-30/h26-30H,8-25H2,1-7H3. The van der Waals surface area contributed by atoms with E-state index in [2.05, 4.69) is 48.5 Å². The summed E-state index contributed by atoms with van der Waals surface area (Å²) in [5, 5.41) is 0. The lowest BCUT2D eigenvalue weighted by Crippen LogP contribution is -2.69. The van der Waals surface area contributed by atoms with Gasteiger partial charge < -0.3 is 23.7 Å². The predicted molar refractivity (Wildman–Crippen MR) is 165 cm³/mol. The average molecular weight is 591 g/mol. The van der Waals surface area contributed by atoms with E-state index in [0.29, 0.717) is 5.92 Å². The zero-order chi connectivity index (χ0) is 30.2. The van der Waals surface area contributed by atoms with Gasteiger partial charge in [0.15, 0.2) is 12.6 Å². The van der Waals surface area contributed by atoms with Crippen molar-refractivity contribution < 1.29 is 28.5 Å². The van der Waals surface area contributed by atoms with Crippen molar-refractivity contribution in [1.82, 2.24) is 0 Å². The van der Waals surface area contributed by atoms with Crippen LogP contribution in [-0.2, 0) is 28.5 Å². The Bertz CT molecular complexity index is 870. The Morgan fingerprint density at radius 3 is 1.57 bits per heavy atom. The first-order chi connectivity index (χ1) is 19.7. The average Bonchev–Trinajstić information content (AvgIpc) is 2.87. The van der Waals surface area contributed by atoms with Crippen LogP contribution in [0, 0.1) is 16.7 Å². The first kappa shape index (κ1) is 32.7. The van der Waals surface area contributed by atoms with Gasteiger partial charge in [-0.15, -0.1) is 0 Å². The first-order valence-electron chi connectivity index (χ1n) is 17.6. The third-order valence-electron chi connectivity index (χ3n) is 11.1. The zero-order valence-corrected chi connectivity index (χ0v) is 28.1. The predicted octanol–water partition coefficient (Wildman–Crippen LogP) is 9.02. The van der Waals surface area contributed by atoms with Gasteiger partial charge in [0.2, 0.25) is 0 Å². The van der Waals surface area contributed by atoms with Crippen molar-refractivity contribution in [3.8, 4) is 0 Å². The lowest BCUT2D eigenvalue weighted by Gasteiger charge is -2.65. The Labute approximate surface area is 256 Å². The topological polar surface area (TPSA) is 63.2 Å². The van der Waals surface area contributed by atoms with E-state index in [1.165, 1.54) is 38.5 Å². The van der Waals surface area contributed by atoms with Gasteiger partial charge in [-0.2, -0.15) is 0 Å². The second-order valence-electron chi connectivity index (χ2n) is 16.8. The molecule has 42 heavy (non-hydrogen) atoms. The highest BCUT2D eigenvalue weighted by Crippen LogP contribution is 2.64. The lowest BCUT2D eigenvalue weighted by atomic mass is 9.50. The van der Waals surface area contributed by atoms with Crippen molar-refractivity contribution in [2.75, 3.05) is 0 Å². The molecule has 6 fully saturated rings. The molecule has 0 radical (unpaired) electrons. The van der Waals surface area contributed by atoms with E-state index in [4.69, 9.17) is 23.7 Å². The molecule has 0 spiro atoms. The van der Waals surface area contributed by atoms with Crippen molar-refractivity contribution in [2.45, 2.75) is 206 Å². The summed E-state index contributed by atoms with van der Waals surface area (Å²) in [6.07, 6.45) is 18.8. The first-order valence-corrected chi connectivity index (χ1v) is 17.6. The molecule has 6 saturated carbocycles. The molecule has 6 nitrogen and oxygen atoms in total. The molecule has 242 valence electrons. The highest BCUT2D eigenvalue weighted by atomic mass is 16.7. The van der Waals surface area contributed by atoms with Crippen LogP contribution in [-0.4, -0.2) is 47.6 Å². The van der Waals surface area contributed by atoms with Gasteiger partial charge in [-0.1, -0.05) is 66.2 Å². The molecule has 0 N–H and O–H groups in total. The maximum atomic E-state index is 14.1. The molecule has 4 bridgehead atoms. The molecule has 0 aromatic carbocycles. The van der Waals surface area contributed by atoms with E-state index in [9.17, 15) is 4.79 Å². The Hall–Kier alpha value is -0.690. The summed E-state index contributed by atoms with van der Waals surface area (Å²) in [5.74, 6) is 0.346. The number of carbonyl (C=O) groups excluding carboxylic acids is 1. The summed E-state index contributed by atoms with van der Waals surface area (Å²) >= 11 is 0. The normalized spacial score (nSPS) is 36.9. The van der Waals surface area contributed by atoms with Crippen LogP contribution in [0.25, 0.3) is 0 Å². The van der Waals surface area contributed by atoms with Gasteiger partial charge in [0.1, 0.15) is 5.60 Å². The summed E-state index contributed by atoms with van der Waals surface area (Å²) in [7, 11) is 0. The molecule has 0 aromatic heterocycles. The number of ether oxygens (including phenoxy) is 5. The lowest BCUT2D eigenvalue weighted by molar-refractivity contribution is -0.341. The van der Waals surface area contributed by atoms with Gasteiger partial charge in [0.05, 0.1) is 28.8 Å². The van der Waals surface area contributed by atoms with Crippen LogP contribution in [0.3, 0.4) is 0 Å². The Morgan fingerprint density at radius 2 is 1.14 bits per heavy atom. The Morgan fingerprint density at radius 1 is 0.714 bits per heavy atom. The van der Waals surface area contributed by atoms with Crippen molar-refractivity contribution in [3.63, 3.8) is 0 Å². The summed E-state index contributed by atoms with van der Waals surface area (Å²) in [5.41, 5.74) is -1.87. The molecule has 6 rings (SSSR count). The molecule has 0 aliphatic heterocycles. The summed E-state index contributed by atoms with van der Waals surface area (Å²) in [4.78, 5) is 14.1. The molecular weight excluding hydrogens is 528 g/mol. The minimum atomic E-state index is -0.570. The van der Waals surface area contributed by atoms with Gasteiger partial charge in [-0.05, 0) is 89.9 Å². The molecule has 6 aliphatic rings. The SMILES string of the molecule is CCC(C)(CC(C)(C)C)C(=O)OC12CC3CC(OC(C)OC4CCCCC4)(C1)CC(OC(C)OC1CCCCC1)(C3)C2. The van der Waals surface area contributed by atoms with Crippen molar-refractivity contribution in [3.05, 3.63) is 0 Å². The van der Waals surface area contributed by atoms with E-state index >= 15 is 0 Å². The molecule has 5 atom stereocenters. The minimum Gasteiger partial charge on any atom is -0.458 e. The van der Waals surface area contributed by atoms with Crippen molar-refractivity contribution in [1.29, 1.82) is 0 Å². The fourth-order valence-electron chi connectivity index (χ4n) is 10.1. The van der Waals surface area contributed by atoms with E-state index in [1.54, 1.807) is 0 Å². The second-order valence-corrected chi connectivity index (χ2v) is 16.8. The van der Waals surface area contributed by atoms with E-state index in [1.807, 2.05) is 0 Å². The van der Waals surface area contributed by atoms with Crippen LogP contribution in [0.2, 0.25) is 0 Å². The van der Waals surface area contributed by atoms with Crippen LogP contribution < -0.4 is 0 Å². The number of hydrogen-bond donors (Lipinski definition) is 0. The number of esters is 1. The van der Waals surface area contributed by atoms with Crippen LogP contribution in [0.4, 0.5) is 0 Å². The molecule has 0 saturated heterocycles. The highest BCUT2D eigenvalue weighted by Gasteiger charge is 2.67. The summed E-state index contributed by atoms with van der Waals surface area (Å²) < 4.78 is 33.7. The molecule has 0 heterocycles. The maximum absolute atomic E-state index is 14.1. The Balaban J connectivity index is 1.36. The number of carbonyl (C=O) groups is 1. The fraction of sp³-hybridized carbons (Fsp3) is 0.972. The van der Waals surface area contributed by atoms with E-state index in [-0.39, 0.29) is 36.2 Å². The van der Waals surface area contributed by atoms with Crippen molar-refractivity contribution in [2.24, 2.45) is 16.7 Å². The quantitative estimate of drug-likeness (QED) is 0.167. The molecule has 6 heteroatoms.